The Kier molecular flexibility index (Phi) is 7.02. The van der Waals surface area contributed by atoms with Gasteiger partial charge in [-0.1, -0.05) is 22.6 Å². The van der Waals surface area contributed by atoms with E-state index in [-0.39, 0.29) is 6.47 Å². The number of carbonyl (C=O) groups is 1. The van der Waals surface area contributed by atoms with Crippen molar-refractivity contribution in [3.8, 4) is 5.75 Å². The van der Waals surface area contributed by atoms with Crippen LogP contribution in [0.15, 0.2) is 30.3 Å². The van der Waals surface area contributed by atoms with E-state index < -0.39 is 0 Å². The van der Waals surface area contributed by atoms with Crippen molar-refractivity contribution in [1.82, 2.24) is 0 Å². The van der Waals surface area contributed by atoms with Crippen LogP contribution in [0.5, 0.6) is 5.75 Å². The van der Waals surface area contributed by atoms with Crippen LogP contribution in [0.4, 0.5) is 0 Å². The molecule has 0 atom stereocenters. The Hall–Kier alpha value is -1.26. The lowest BCUT2D eigenvalue weighted by molar-refractivity contribution is -0.122. The molecule has 0 aliphatic heterocycles. The quantitative estimate of drug-likeness (QED) is 0.439. The summed E-state index contributed by atoms with van der Waals surface area (Å²) in [6.07, 6.45) is 0. The molecule has 0 amide bonds. The number of hydrogen-bond acceptors (Lipinski definition) is 3. The maximum Gasteiger partial charge on any atom is 0.290 e. The normalized spacial score (nSPS) is 7.75. The Morgan fingerprint density at radius 3 is 2.25 bits per heavy atom. The van der Waals surface area contributed by atoms with Gasteiger partial charge in [-0.3, -0.25) is 4.79 Å². The van der Waals surface area contributed by atoms with Gasteiger partial charge in [-0.2, -0.15) is 0 Å². The lowest BCUT2D eigenvalue weighted by atomic mass is 10.3. The van der Waals surface area contributed by atoms with Crippen LogP contribution in [0.3, 0.4) is 0 Å². The van der Waals surface area contributed by atoms with Gasteiger partial charge in [-0.05, 0) is 12.1 Å². The SMILES string of the molecule is ClOOc1ccccc1.O=CO. The first-order chi connectivity index (χ1) is 5.85. The molecule has 0 saturated heterocycles. The van der Waals surface area contributed by atoms with Crippen LogP contribution in [-0.2, 0) is 9.23 Å². The standard InChI is InChI=1S/C6H5ClO2.CH2O2/c7-9-8-6-4-2-1-3-5-6;2-1-3/h1-5H;1H,(H,2,3). The van der Waals surface area contributed by atoms with Gasteiger partial charge in [0, 0.05) is 0 Å². The zero-order valence-electron chi connectivity index (χ0n) is 6.01. The highest BCUT2D eigenvalue weighted by Gasteiger charge is 1.87. The predicted octanol–water partition coefficient (Wildman–Crippen LogP) is 1.85. The van der Waals surface area contributed by atoms with E-state index in [9.17, 15) is 0 Å². The summed E-state index contributed by atoms with van der Waals surface area (Å²) in [5.74, 6) is 0.590. The first kappa shape index (κ1) is 10.7. The maximum absolute atomic E-state index is 8.36. The summed E-state index contributed by atoms with van der Waals surface area (Å²) in [6, 6.07) is 9.00. The largest absolute Gasteiger partial charge is 0.483 e. The van der Waals surface area contributed by atoms with E-state index in [1.165, 1.54) is 0 Å². The Balaban J connectivity index is 0.000000354. The lowest BCUT2D eigenvalue weighted by Gasteiger charge is -1.94. The summed E-state index contributed by atoms with van der Waals surface area (Å²) in [5.41, 5.74) is 0. The monoisotopic (exact) mass is 190 g/mol. The molecule has 1 N–H and O–H groups in total. The highest BCUT2D eigenvalue weighted by Crippen LogP contribution is 2.08. The number of carboxylic acid groups (broad SMARTS) is 1. The minimum atomic E-state index is -0.250. The Morgan fingerprint density at radius 2 is 1.83 bits per heavy atom. The summed E-state index contributed by atoms with van der Waals surface area (Å²) < 4.78 is 3.90. The summed E-state index contributed by atoms with van der Waals surface area (Å²) in [7, 11) is 0. The van der Waals surface area contributed by atoms with Crippen LogP contribution in [-0.4, -0.2) is 11.6 Å². The molecule has 0 aliphatic carbocycles. The van der Waals surface area contributed by atoms with Gasteiger partial charge >= 0.3 is 0 Å². The smallest absolute Gasteiger partial charge is 0.290 e. The number of para-hydroxylation sites is 1. The van der Waals surface area contributed by atoms with Crippen LogP contribution in [0.25, 0.3) is 0 Å². The summed E-state index contributed by atoms with van der Waals surface area (Å²) in [6.45, 7) is -0.250. The zero-order chi connectivity index (χ0) is 9.23. The molecular weight excluding hydrogens is 184 g/mol. The molecule has 1 aromatic rings. The first-order valence-corrected chi connectivity index (χ1v) is 3.24. The molecule has 0 bridgehead atoms. The molecule has 0 saturated carbocycles. The third-order valence-corrected chi connectivity index (χ3v) is 0.934. The van der Waals surface area contributed by atoms with Crippen molar-refractivity contribution in [2.45, 2.75) is 0 Å². The van der Waals surface area contributed by atoms with Crippen molar-refractivity contribution in [2.75, 3.05) is 0 Å². The molecule has 0 aliphatic rings. The molecule has 0 radical (unpaired) electrons. The lowest BCUT2D eigenvalue weighted by Crippen LogP contribution is -1.83. The molecule has 66 valence electrons. The molecule has 12 heavy (non-hydrogen) atoms. The second-order valence-electron chi connectivity index (χ2n) is 1.56. The molecule has 0 fully saturated rings. The number of halogens is 1. The van der Waals surface area contributed by atoms with E-state index in [1.807, 2.05) is 18.2 Å². The van der Waals surface area contributed by atoms with Crippen molar-refractivity contribution >= 4 is 18.3 Å². The molecule has 1 aromatic carbocycles. The maximum atomic E-state index is 8.36. The van der Waals surface area contributed by atoms with Gasteiger partial charge < -0.3 is 9.99 Å². The van der Waals surface area contributed by atoms with Gasteiger partial charge in [-0.15, -0.1) is 0 Å². The number of rotatable bonds is 2. The van der Waals surface area contributed by atoms with E-state index in [0.29, 0.717) is 5.75 Å². The van der Waals surface area contributed by atoms with Gasteiger partial charge in [0.1, 0.15) is 11.9 Å². The molecule has 0 unspecified atom stereocenters. The summed E-state index contributed by atoms with van der Waals surface area (Å²) in [4.78, 5) is 12.8. The van der Waals surface area contributed by atoms with Gasteiger partial charge in [0.2, 0.25) is 0 Å². The van der Waals surface area contributed by atoms with Gasteiger partial charge in [-0.25, -0.2) is 0 Å². The molecular formula is C7H7ClO4. The Bertz CT molecular complexity index is 202. The van der Waals surface area contributed by atoms with Gasteiger partial charge in [0.05, 0.1) is 0 Å². The predicted molar refractivity (Wildman–Crippen MR) is 42.7 cm³/mol. The van der Waals surface area contributed by atoms with Crippen molar-refractivity contribution in [2.24, 2.45) is 0 Å². The third-order valence-electron chi connectivity index (χ3n) is 0.871. The molecule has 0 heterocycles. The highest BCUT2D eigenvalue weighted by molar-refractivity contribution is 6.06. The van der Waals surface area contributed by atoms with E-state index >= 15 is 0 Å². The van der Waals surface area contributed by atoms with Crippen LogP contribution in [0.2, 0.25) is 0 Å². The minimum Gasteiger partial charge on any atom is -0.483 e. The average Bonchev–Trinajstić information content (AvgIpc) is 2.08. The highest BCUT2D eigenvalue weighted by atomic mass is 35.5. The van der Waals surface area contributed by atoms with Gasteiger partial charge in [0.15, 0.2) is 5.75 Å². The number of benzene rings is 1. The molecule has 5 heteroatoms. The fourth-order valence-corrected chi connectivity index (χ4v) is 0.585. The van der Waals surface area contributed by atoms with Crippen molar-refractivity contribution in [3.63, 3.8) is 0 Å². The minimum absolute atomic E-state index is 0.250. The number of hydrogen-bond donors (Lipinski definition) is 1. The van der Waals surface area contributed by atoms with Crippen molar-refractivity contribution in [1.29, 1.82) is 0 Å². The van der Waals surface area contributed by atoms with E-state index in [1.54, 1.807) is 12.1 Å². The van der Waals surface area contributed by atoms with Crippen molar-refractivity contribution < 1.29 is 19.2 Å². The van der Waals surface area contributed by atoms with E-state index in [4.69, 9.17) is 21.8 Å². The fourth-order valence-electron chi connectivity index (χ4n) is 0.512. The summed E-state index contributed by atoms with van der Waals surface area (Å²) >= 11 is 4.81. The summed E-state index contributed by atoms with van der Waals surface area (Å²) in [5, 5.41) is 6.89. The van der Waals surface area contributed by atoms with Crippen LogP contribution < -0.4 is 4.89 Å². The first-order valence-electron chi connectivity index (χ1n) is 2.93. The van der Waals surface area contributed by atoms with Crippen LogP contribution >= 0.6 is 11.9 Å². The fraction of sp³-hybridized carbons (Fsp3) is 0. The van der Waals surface area contributed by atoms with E-state index in [0.717, 1.165) is 0 Å². The van der Waals surface area contributed by atoms with Crippen molar-refractivity contribution in [3.05, 3.63) is 30.3 Å². The molecule has 0 aromatic heterocycles. The van der Waals surface area contributed by atoms with Crippen LogP contribution in [0.1, 0.15) is 0 Å². The average molecular weight is 191 g/mol. The van der Waals surface area contributed by atoms with E-state index in [2.05, 4.69) is 9.33 Å². The second-order valence-corrected chi connectivity index (χ2v) is 1.69. The van der Waals surface area contributed by atoms with Crippen LogP contribution in [0, 0.1) is 0 Å². The Morgan fingerprint density at radius 1 is 1.33 bits per heavy atom. The third kappa shape index (κ3) is 5.52. The van der Waals surface area contributed by atoms with Gasteiger partial charge in [0.25, 0.3) is 6.47 Å². The Labute approximate surface area is 74.4 Å². The molecule has 4 nitrogen and oxygen atoms in total. The topological polar surface area (TPSA) is 55.8 Å². The molecule has 0 spiro atoms. The second kappa shape index (κ2) is 7.84. The molecule has 1 rings (SSSR count). The zero-order valence-corrected chi connectivity index (χ0v) is 6.77.